The second-order valence-corrected chi connectivity index (χ2v) is 8.34. The summed E-state index contributed by atoms with van der Waals surface area (Å²) in [5.41, 5.74) is 5.17. The van der Waals surface area contributed by atoms with E-state index in [0.29, 0.717) is 0 Å². The van der Waals surface area contributed by atoms with Gasteiger partial charge in [0.25, 0.3) is 0 Å². The first-order valence-electron chi connectivity index (χ1n) is 11.5. The van der Waals surface area contributed by atoms with Gasteiger partial charge in [-0.3, -0.25) is 9.89 Å². The smallest absolute Gasteiger partial charge is 0.191 e. The average Bonchev–Trinajstić information content (AvgIpc) is 3.34. The number of rotatable bonds is 7. The Morgan fingerprint density at radius 1 is 0.806 bits per heavy atom. The Morgan fingerprint density at radius 3 is 1.94 bits per heavy atom. The molecule has 2 heterocycles. The molecule has 2 fully saturated rings. The third-order valence-corrected chi connectivity index (χ3v) is 6.08. The van der Waals surface area contributed by atoms with Crippen molar-refractivity contribution in [2.75, 3.05) is 51.3 Å². The number of anilines is 1. The van der Waals surface area contributed by atoms with Crippen LogP contribution < -0.4 is 15.5 Å². The van der Waals surface area contributed by atoms with Gasteiger partial charge in [-0.1, -0.05) is 36.4 Å². The van der Waals surface area contributed by atoms with Gasteiger partial charge >= 0.3 is 0 Å². The average molecular weight is 422 g/mol. The zero-order chi connectivity index (χ0) is 21.3. The Morgan fingerprint density at radius 2 is 1.35 bits per heavy atom. The molecule has 2 aliphatic rings. The molecule has 2 aromatic carbocycles. The fourth-order valence-corrected chi connectivity index (χ4v) is 4.20. The first kappa shape index (κ1) is 21.7. The van der Waals surface area contributed by atoms with Crippen molar-refractivity contribution >= 4 is 11.6 Å². The molecule has 0 radical (unpaired) electrons. The SMILES string of the molecule is CN=C(NCc1ccc(CN2CCCC2)cc1)NCc1ccc(N2CCOCC2)cc1. The van der Waals surface area contributed by atoms with Crippen LogP contribution in [0.25, 0.3) is 0 Å². The maximum Gasteiger partial charge on any atom is 0.191 e. The Labute approximate surface area is 186 Å². The van der Waals surface area contributed by atoms with Crippen LogP contribution in [-0.2, 0) is 24.4 Å². The van der Waals surface area contributed by atoms with Crippen LogP contribution >= 0.6 is 0 Å². The summed E-state index contributed by atoms with van der Waals surface area (Å²) >= 11 is 0. The second-order valence-electron chi connectivity index (χ2n) is 8.34. The largest absolute Gasteiger partial charge is 0.378 e. The van der Waals surface area contributed by atoms with Gasteiger partial charge in [0, 0.05) is 45.5 Å². The highest BCUT2D eigenvalue weighted by molar-refractivity contribution is 5.79. The van der Waals surface area contributed by atoms with Crippen molar-refractivity contribution in [3.63, 3.8) is 0 Å². The summed E-state index contributed by atoms with van der Waals surface area (Å²) in [6, 6.07) is 17.7. The predicted octanol–water partition coefficient (Wildman–Crippen LogP) is 2.98. The van der Waals surface area contributed by atoms with Crippen molar-refractivity contribution in [3.05, 3.63) is 65.2 Å². The highest BCUT2D eigenvalue weighted by Gasteiger charge is 2.12. The molecule has 2 aliphatic heterocycles. The predicted molar refractivity (Wildman–Crippen MR) is 127 cm³/mol. The Kier molecular flexibility index (Phi) is 7.80. The number of nitrogens with zero attached hydrogens (tertiary/aromatic N) is 3. The van der Waals surface area contributed by atoms with Crippen molar-refractivity contribution in [2.45, 2.75) is 32.5 Å². The number of hydrogen-bond donors (Lipinski definition) is 2. The molecule has 2 aromatic rings. The zero-order valence-corrected chi connectivity index (χ0v) is 18.6. The van der Waals surface area contributed by atoms with E-state index in [1.54, 1.807) is 0 Å². The lowest BCUT2D eigenvalue weighted by Crippen LogP contribution is -2.36. The van der Waals surface area contributed by atoms with E-state index in [-0.39, 0.29) is 0 Å². The van der Waals surface area contributed by atoms with Gasteiger partial charge in [-0.2, -0.15) is 0 Å². The van der Waals surface area contributed by atoms with Gasteiger partial charge in [-0.25, -0.2) is 0 Å². The Bertz CT molecular complexity index is 822. The molecule has 2 saturated heterocycles. The van der Waals surface area contributed by atoms with Gasteiger partial charge in [0.15, 0.2) is 5.96 Å². The minimum Gasteiger partial charge on any atom is -0.378 e. The molecule has 166 valence electrons. The molecule has 0 aliphatic carbocycles. The monoisotopic (exact) mass is 421 g/mol. The third kappa shape index (κ3) is 6.45. The molecule has 6 heteroatoms. The summed E-state index contributed by atoms with van der Waals surface area (Å²) < 4.78 is 5.44. The molecule has 0 bridgehead atoms. The Balaban J connectivity index is 1.21. The van der Waals surface area contributed by atoms with Crippen LogP contribution in [0.3, 0.4) is 0 Å². The zero-order valence-electron chi connectivity index (χ0n) is 18.6. The van der Waals surface area contributed by atoms with Crippen LogP contribution in [0.15, 0.2) is 53.5 Å². The van der Waals surface area contributed by atoms with E-state index < -0.39 is 0 Å². The quantitative estimate of drug-likeness (QED) is 0.532. The third-order valence-electron chi connectivity index (χ3n) is 6.08. The van der Waals surface area contributed by atoms with Gasteiger partial charge in [-0.05, 0) is 54.8 Å². The second kappa shape index (κ2) is 11.2. The van der Waals surface area contributed by atoms with E-state index in [1.807, 2.05) is 7.05 Å². The minimum atomic E-state index is 0.748. The lowest BCUT2D eigenvalue weighted by Gasteiger charge is -2.28. The standard InChI is InChI=1S/C25H35N5O/c1-26-25(27-18-21-4-6-23(7-5-21)20-29-12-2-3-13-29)28-19-22-8-10-24(11-9-22)30-14-16-31-17-15-30/h4-11H,2-3,12-20H2,1H3,(H2,26,27,28). The van der Waals surface area contributed by atoms with Crippen LogP contribution in [0.5, 0.6) is 0 Å². The fraction of sp³-hybridized carbons (Fsp3) is 0.480. The van der Waals surface area contributed by atoms with E-state index in [1.165, 1.54) is 48.3 Å². The van der Waals surface area contributed by atoms with E-state index in [0.717, 1.165) is 51.9 Å². The Hall–Kier alpha value is -2.57. The number of likely N-dealkylation sites (tertiary alicyclic amines) is 1. The first-order valence-corrected chi connectivity index (χ1v) is 11.5. The molecule has 31 heavy (non-hydrogen) atoms. The first-order chi connectivity index (χ1) is 15.3. The molecule has 0 amide bonds. The van der Waals surface area contributed by atoms with Crippen LogP contribution in [0.2, 0.25) is 0 Å². The van der Waals surface area contributed by atoms with E-state index in [2.05, 4.69) is 74.0 Å². The van der Waals surface area contributed by atoms with Gasteiger partial charge in [0.05, 0.1) is 13.2 Å². The molecule has 0 saturated carbocycles. The van der Waals surface area contributed by atoms with Crippen molar-refractivity contribution in [1.82, 2.24) is 15.5 Å². The number of hydrogen-bond acceptors (Lipinski definition) is 4. The number of nitrogens with one attached hydrogen (secondary N) is 2. The number of aliphatic imine (C=N–C) groups is 1. The minimum absolute atomic E-state index is 0.748. The van der Waals surface area contributed by atoms with Gasteiger partial charge in [-0.15, -0.1) is 0 Å². The number of ether oxygens (including phenoxy) is 1. The highest BCUT2D eigenvalue weighted by Crippen LogP contribution is 2.17. The molecule has 4 rings (SSSR count). The molecular weight excluding hydrogens is 386 g/mol. The maximum absolute atomic E-state index is 5.44. The van der Waals surface area contributed by atoms with Gasteiger partial charge in [0.1, 0.15) is 0 Å². The normalized spacial score (nSPS) is 17.7. The van der Waals surface area contributed by atoms with Crippen molar-refractivity contribution in [3.8, 4) is 0 Å². The van der Waals surface area contributed by atoms with Gasteiger partial charge in [0.2, 0.25) is 0 Å². The molecule has 0 aromatic heterocycles. The highest BCUT2D eigenvalue weighted by atomic mass is 16.5. The topological polar surface area (TPSA) is 52.1 Å². The van der Waals surface area contributed by atoms with E-state index >= 15 is 0 Å². The van der Waals surface area contributed by atoms with Crippen LogP contribution in [0, 0.1) is 0 Å². The van der Waals surface area contributed by atoms with E-state index in [4.69, 9.17) is 4.74 Å². The van der Waals surface area contributed by atoms with E-state index in [9.17, 15) is 0 Å². The maximum atomic E-state index is 5.44. The fourth-order valence-electron chi connectivity index (χ4n) is 4.20. The van der Waals surface area contributed by atoms with Crippen molar-refractivity contribution < 1.29 is 4.74 Å². The molecule has 6 nitrogen and oxygen atoms in total. The van der Waals surface area contributed by atoms with Crippen molar-refractivity contribution in [2.24, 2.45) is 4.99 Å². The number of benzene rings is 2. The van der Waals surface area contributed by atoms with Gasteiger partial charge < -0.3 is 20.3 Å². The summed E-state index contributed by atoms with van der Waals surface area (Å²) in [5.74, 6) is 0.818. The van der Waals surface area contributed by atoms with Crippen LogP contribution in [0.4, 0.5) is 5.69 Å². The molecule has 0 spiro atoms. The lowest BCUT2D eigenvalue weighted by atomic mass is 10.1. The summed E-state index contributed by atoms with van der Waals surface area (Å²) in [7, 11) is 1.82. The number of guanidine groups is 1. The lowest BCUT2D eigenvalue weighted by molar-refractivity contribution is 0.122. The van der Waals surface area contributed by atoms with Crippen LogP contribution in [-0.4, -0.2) is 57.3 Å². The summed E-state index contributed by atoms with van der Waals surface area (Å²) in [5, 5.41) is 6.83. The van der Waals surface area contributed by atoms with Crippen LogP contribution in [0.1, 0.15) is 29.5 Å². The molecule has 0 atom stereocenters. The summed E-state index contributed by atoms with van der Waals surface area (Å²) in [6.45, 7) is 8.61. The van der Waals surface area contributed by atoms with Crippen molar-refractivity contribution in [1.29, 1.82) is 0 Å². The molecule has 0 unspecified atom stereocenters. The summed E-state index contributed by atoms with van der Waals surface area (Å²) in [4.78, 5) is 9.27. The molecular formula is C25H35N5O. The number of morpholine rings is 1. The summed E-state index contributed by atoms with van der Waals surface area (Å²) in [6.07, 6.45) is 2.68. The molecule has 2 N–H and O–H groups in total.